The van der Waals surface area contributed by atoms with Gasteiger partial charge in [0, 0.05) is 0 Å². The quantitative estimate of drug-likeness (QED) is 0.643. The maximum atomic E-state index is 3.92. The summed E-state index contributed by atoms with van der Waals surface area (Å²) in [4.78, 5) is 0. The van der Waals surface area contributed by atoms with Gasteiger partial charge in [0.2, 0.25) is 0 Å². The Morgan fingerprint density at radius 3 is 1.85 bits per heavy atom. The summed E-state index contributed by atoms with van der Waals surface area (Å²) >= 11 is 0. The maximum Gasteiger partial charge on any atom is -0.0273 e. The molecule has 0 atom stereocenters. The van der Waals surface area contributed by atoms with Crippen LogP contribution in [0.15, 0.2) is 6.07 Å². The molecule has 0 spiro atoms. The predicted octanol–water partition coefficient (Wildman–Crippen LogP) is 3.69. The van der Waals surface area contributed by atoms with Crippen LogP contribution in [-0.4, -0.2) is 0 Å². The van der Waals surface area contributed by atoms with Crippen LogP contribution in [0.1, 0.15) is 34.2 Å². The van der Waals surface area contributed by atoms with Crippen LogP contribution < -0.4 is 0 Å². The molecule has 0 saturated carbocycles. The highest BCUT2D eigenvalue weighted by molar-refractivity contribution is 5.44. The van der Waals surface area contributed by atoms with E-state index in [9.17, 15) is 0 Å². The topological polar surface area (TPSA) is 0 Å². The van der Waals surface area contributed by atoms with Crippen molar-refractivity contribution in [1.29, 1.82) is 0 Å². The van der Waals surface area contributed by atoms with Crippen molar-refractivity contribution in [3.8, 4) is 0 Å². The first-order valence-corrected chi connectivity index (χ1v) is 4.93. The van der Waals surface area contributed by atoms with E-state index in [1.807, 2.05) is 0 Å². The van der Waals surface area contributed by atoms with Gasteiger partial charge < -0.3 is 0 Å². The third kappa shape index (κ3) is 1.93. The lowest BCUT2D eigenvalue weighted by atomic mass is 9.92. The second-order valence-electron chi connectivity index (χ2n) is 3.84. The van der Waals surface area contributed by atoms with E-state index in [1.165, 1.54) is 27.8 Å². The van der Waals surface area contributed by atoms with E-state index in [1.54, 1.807) is 0 Å². The van der Waals surface area contributed by atoms with Crippen molar-refractivity contribution in [2.75, 3.05) is 0 Å². The highest BCUT2D eigenvalue weighted by Crippen LogP contribution is 2.22. The predicted molar refractivity (Wildman–Crippen MR) is 59.1 cm³/mol. The molecule has 0 saturated heterocycles. The summed E-state index contributed by atoms with van der Waals surface area (Å²) in [6, 6.07) is 2.28. The molecule has 1 rings (SSSR count). The standard InChI is InChI=1S/C13H19/c1-6-7-13-11(4)9(2)8-10(3)12(13)5/h8H,1,6-7H2,2-5H3. The minimum atomic E-state index is 0.991. The first kappa shape index (κ1) is 10.3. The molecule has 0 aromatic heterocycles. The van der Waals surface area contributed by atoms with Crippen LogP contribution in [0, 0.1) is 34.6 Å². The van der Waals surface area contributed by atoms with E-state index in [0.29, 0.717) is 0 Å². The Balaban J connectivity index is 3.28. The molecule has 1 radical (unpaired) electrons. The summed E-state index contributed by atoms with van der Waals surface area (Å²) in [5.74, 6) is 0. The van der Waals surface area contributed by atoms with Crippen LogP contribution in [0.5, 0.6) is 0 Å². The molecule has 71 valence electrons. The van der Waals surface area contributed by atoms with Gasteiger partial charge in [-0.05, 0) is 68.4 Å². The van der Waals surface area contributed by atoms with Crippen molar-refractivity contribution in [3.63, 3.8) is 0 Å². The zero-order valence-electron chi connectivity index (χ0n) is 9.20. The summed E-state index contributed by atoms with van der Waals surface area (Å²) in [5.41, 5.74) is 7.23. The summed E-state index contributed by atoms with van der Waals surface area (Å²) in [6.45, 7) is 12.7. The molecule has 0 aliphatic rings. The number of benzene rings is 1. The van der Waals surface area contributed by atoms with Crippen LogP contribution in [0.25, 0.3) is 0 Å². The van der Waals surface area contributed by atoms with Gasteiger partial charge in [-0.2, -0.15) is 0 Å². The van der Waals surface area contributed by atoms with Crippen molar-refractivity contribution in [1.82, 2.24) is 0 Å². The van der Waals surface area contributed by atoms with Gasteiger partial charge in [0.15, 0.2) is 0 Å². The van der Waals surface area contributed by atoms with Gasteiger partial charge in [0.1, 0.15) is 0 Å². The second kappa shape index (κ2) is 3.95. The van der Waals surface area contributed by atoms with Crippen LogP contribution in [0.4, 0.5) is 0 Å². The van der Waals surface area contributed by atoms with Crippen molar-refractivity contribution in [2.45, 2.75) is 40.5 Å². The molecule has 0 fully saturated rings. The lowest BCUT2D eigenvalue weighted by Crippen LogP contribution is -1.98. The Morgan fingerprint density at radius 2 is 1.46 bits per heavy atom. The minimum absolute atomic E-state index is 0.991. The zero-order chi connectivity index (χ0) is 10.0. The molecule has 0 aliphatic carbocycles. The van der Waals surface area contributed by atoms with Crippen molar-refractivity contribution in [2.24, 2.45) is 0 Å². The Labute approximate surface area is 82.0 Å². The van der Waals surface area contributed by atoms with Gasteiger partial charge in [-0.1, -0.05) is 13.0 Å². The highest BCUT2D eigenvalue weighted by Gasteiger charge is 2.06. The van der Waals surface area contributed by atoms with Gasteiger partial charge in [-0.25, -0.2) is 0 Å². The first-order chi connectivity index (χ1) is 6.07. The molecule has 1 aromatic rings. The van der Waals surface area contributed by atoms with Crippen molar-refractivity contribution >= 4 is 0 Å². The largest absolute Gasteiger partial charge is 0.0558 e. The molecule has 1 aromatic carbocycles. The molecule has 13 heavy (non-hydrogen) atoms. The van der Waals surface area contributed by atoms with Crippen LogP contribution in [-0.2, 0) is 6.42 Å². The number of hydrogen-bond donors (Lipinski definition) is 0. The molecule has 0 unspecified atom stereocenters. The van der Waals surface area contributed by atoms with Crippen LogP contribution in [0.2, 0.25) is 0 Å². The Kier molecular flexibility index (Phi) is 3.13. The lowest BCUT2D eigenvalue weighted by molar-refractivity contribution is 0.958. The molecule has 0 heteroatoms. The number of hydrogen-bond acceptors (Lipinski definition) is 0. The smallest absolute Gasteiger partial charge is 0.0273 e. The summed E-state index contributed by atoms with van der Waals surface area (Å²) in [7, 11) is 0. The Morgan fingerprint density at radius 1 is 1.00 bits per heavy atom. The van der Waals surface area contributed by atoms with Gasteiger partial charge in [0.25, 0.3) is 0 Å². The monoisotopic (exact) mass is 175 g/mol. The van der Waals surface area contributed by atoms with E-state index >= 15 is 0 Å². The lowest BCUT2D eigenvalue weighted by Gasteiger charge is -2.14. The third-order valence-electron chi connectivity index (χ3n) is 2.95. The fourth-order valence-electron chi connectivity index (χ4n) is 1.85. The molecule has 0 N–H and O–H groups in total. The van der Waals surface area contributed by atoms with Gasteiger partial charge in [-0.3, -0.25) is 0 Å². The first-order valence-electron chi connectivity index (χ1n) is 4.93. The third-order valence-corrected chi connectivity index (χ3v) is 2.95. The van der Waals surface area contributed by atoms with Gasteiger partial charge in [0.05, 0.1) is 0 Å². The van der Waals surface area contributed by atoms with E-state index in [4.69, 9.17) is 0 Å². The molecule has 0 amide bonds. The molecule has 0 heterocycles. The Hall–Kier alpha value is -0.780. The number of aryl methyl sites for hydroxylation is 2. The Bertz CT molecular complexity index is 282. The van der Waals surface area contributed by atoms with E-state index in [-0.39, 0.29) is 0 Å². The van der Waals surface area contributed by atoms with E-state index in [0.717, 1.165) is 12.8 Å². The SMILES string of the molecule is [CH2]CCc1c(C)c(C)cc(C)c1C. The zero-order valence-corrected chi connectivity index (χ0v) is 9.20. The number of rotatable bonds is 2. The second-order valence-corrected chi connectivity index (χ2v) is 3.84. The molecular formula is C13H19. The van der Waals surface area contributed by atoms with Crippen molar-refractivity contribution in [3.05, 3.63) is 40.8 Å². The van der Waals surface area contributed by atoms with Gasteiger partial charge >= 0.3 is 0 Å². The minimum Gasteiger partial charge on any atom is -0.0558 e. The normalized spacial score (nSPS) is 10.5. The molecule has 0 aliphatic heterocycles. The van der Waals surface area contributed by atoms with Crippen LogP contribution >= 0.6 is 0 Å². The molecule has 0 bridgehead atoms. The van der Waals surface area contributed by atoms with E-state index < -0.39 is 0 Å². The van der Waals surface area contributed by atoms with E-state index in [2.05, 4.69) is 40.7 Å². The fourth-order valence-corrected chi connectivity index (χ4v) is 1.85. The maximum absolute atomic E-state index is 3.92. The van der Waals surface area contributed by atoms with Gasteiger partial charge in [-0.15, -0.1) is 0 Å². The average Bonchev–Trinajstić information content (AvgIpc) is 2.09. The fraction of sp³-hybridized carbons (Fsp3) is 0.462. The summed E-state index contributed by atoms with van der Waals surface area (Å²) < 4.78 is 0. The average molecular weight is 175 g/mol. The highest BCUT2D eigenvalue weighted by atomic mass is 14.1. The summed E-state index contributed by atoms with van der Waals surface area (Å²) in [5, 5.41) is 0. The van der Waals surface area contributed by atoms with Crippen LogP contribution in [0.3, 0.4) is 0 Å². The van der Waals surface area contributed by atoms with Crippen molar-refractivity contribution < 1.29 is 0 Å². The summed E-state index contributed by atoms with van der Waals surface area (Å²) in [6.07, 6.45) is 2.10. The molecular weight excluding hydrogens is 156 g/mol. The molecule has 0 nitrogen and oxygen atoms in total.